The number of carbonyl (C=O) groups is 6. The van der Waals surface area contributed by atoms with Gasteiger partial charge in [-0.25, -0.2) is 0 Å². The molecule has 0 aliphatic carbocycles. The molecule has 0 radical (unpaired) electrons. The Labute approximate surface area is 386 Å². The highest BCUT2D eigenvalue weighted by Gasteiger charge is 2.33. The molecule has 0 unspecified atom stereocenters. The molecule has 0 fully saturated rings. The van der Waals surface area contributed by atoms with E-state index >= 15 is 0 Å². The number of amides is 4. The molecule has 0 saturated carbocycles. The van der Waals surface area contributed by atoms with Crippen molar-refractivity contribution < 1.29 is 38.6 Å². The van der Waals surface area contributed by atoms with E-state index in [2.05, 4.69) is 31.2 Å². The van der Waals surface area contributed by atoms with Crippen LogP contribution < -0.4 is 26.0 Å². The molecule has 2 aliphatic heterocycles. The van der Waals surface area contributed by atoms with Crippen LogP contribution in [-0.2, 0) is 54.5 Å². The number of rotatable bonds is 12. The van der Waals surface area contributed by atoms with E-state index in [1.807, 2.05) is 103 Å². The monoisotopic (exact) mass is 900 g/mol. The molecule has 342 valence electrons. The van der Waals surface area contributed by atoms with Crippen molar-refractivity contribution in [2.45, 2.75) is 63.1 Å². The van der Waals surface area contributed by atoms with Gasteiger partial charge in [0, 0.05) is 78.8 Å². The third kappa shape index (κ3) is 11.8. The minimum Gasteiger partial charge on any atom is -0.484 e. The first kappa shape index (κ1) is 45.6. The van der Waals surface area contributed by atoms with Crippen LogP contribution in [0.4, 0.5) is 0 Å². The molecule has 14 heteroatoms. The first-order chi connectivity index (χ1) is 32.6. The Morgan fingerprint density at radius 1 is 0.612 bits per heavy atom. The summed E-state index contributed by atoms with van der Waals surface area (Å²) in [5.74, 6) is -4.20. The predicted octanol–water partition coefficient (Wildman–Crippen LogP) is 5.99. The number of nitrogens with one attached hydrogen (secondary N) is 6. The van der Waals surface area contributed by atoms with Crippen LogP contribution in [0.3, 0.4) is 0 Å². The average molecular weight is 901 g/mol. The molecular formula is C53H52N6O8. The molecule has 2 aliphatic rings. The lowest BCUT2D eigenvalue weighted by Crippen LogP contribution is -2.57. The minimum absolute atomic E-state index is 0.0346. The minimum atomic E-state index is -1.22. The summed E-state index contributed by atoms with van der Waals surface area (Å²) >= 11 is 0. The second-order valence-corrected chi connectivity index (χ2v) is 16.9. The molecule has 0 saturated heterocycles. The van der Waals surface area contributed by atoms with Crippen molar-refractivity contribution in [2.24, 2.45) is 5.92 Å². The number of carboxylic acids is 1. The summed E-state index contributed by atoms with van der Waals surface area (Å²) in [5, 5.41) is 22.5. The number of ketones is 1. The van der Waals surface area contributed by atoms with Crippen LogP contribution in [0.15, 0.2) is 140 Å². The molecule has 2 bridgehead atoms. The van der Waals surface area contributed by atoms with E-state index < -0.39 is 66.0 Å². The second-order valence-electron chi connectivity index (χ2n) is 16.9. The second kappa shape index (κ2) is 21.3. The van der Waals surface area contributed by atoms with Gasteiger partial charge in [0.05, 0.1) is 6.04 Å². The van der Waals surface area contributed by atoms with Crippen molar-refractivity contribution in [2.75, 3.05) is 13.2 Å². The highest BCUT2D eigenvalue weighted by Crippen LogP contribution is 2.25. The maximum atomic E-state index is 14.9. The van der Waals surface area contributed by atoms with Gasteiger partial charge in [0.1, 0.15) is 17.8 Å². The number of benzene rings is 5. The molecule has 2 aromatic heterocycles. The van der Waals surface area contributed by atoms with Crippen molar-refractivity contribution in [3.63, 3.8) is 0 Å². The summed E-state index contributed by atoms with van der Waals surface area (Å²) in [6, 6.07) is 36.0. The summed E-state index contributed by atoms with van der Waals surface area (Å²) in [5.41, 5.74) is 6.63. The summed E-state index contributed by atoms with van der Waals surface area (Å²) < 4.78 is 5.86. The van der Waals surface area contributed by atoms with Crippen LogP contribution in [-0.4, -0.2) is 81.7 Å². The third-order valence-corrected chi connectivity index (χ3v) is 12.1. The number of hydrogen-bond acceptors (Lipinski definition) is 7. The van der Waals surface area contributed by atoms with Crippen LogP contribution in [0.1, 0.15) is 41.5 Å². The third-order valence-electron chi connectivity index (χ3n) is 12.1. The molecule has 4 atom stereocenters. The van der Waals surface area contributed by atoms with E-state index in [-0.39, 0.29) is 51.5 Å². The molecule has 7 aromatic rings. The normalized spacial score (nSPS) is 18.5. The van der Waals surface area contributed by atoms with Crippen molar-refractivity contribution in [1.82, 2.24) is 31.2 Å². The number of para-hydroxylation sites is 2. The number of ether oxygens (including phenoxy) is 1. The Bertz CT molecular complexity index is 2870. The topological polar surface area (TPSA) is 212 Å². The average Bonchev–Trinajstić information content (AvgIpc) is 3.95. The number of aromatic amines is 2. The Kier molecular flexibility index (Phi) is 14.5. The lowest BCUT2D eigenvalue weighted by atomic mass is 9.89. The number of aromatic nitrogens is 2. The van der Waals surface area contributed by atoms with Gasteiger partial charge < -0.3 is 41.1 Å². The van der Waals surface area contributed by atoms with Gasteiger partial charge in [0.2, 0.25) is 17.7 Å². The van der Waals surface area contributed by atoms with Crippen molar-refractivity contribution in [1.29, 1.82) is 0 Å². The van der Waals surface area contributed by atoms with Crippen molar-refractivity contribution in [3.05, 3.63) is 162 Å². The van der Waals surface area contributed by atoms with Crippen LogP contribution in [0.2, 0.25) is 0 Å². The first-order valence-corrected chi connectivity index (χ1v) is 22.4. The zero-order valence-electron chi connectivity index (χ0n) is 36.8. The number of fused-ring (bicyclic) bond motifs is 18. The maximum absolute atomic E-state index is 14.9. The van der Waals surface area contributed by atoms with E-state index in [0.29, 0.717) is 11.3 Å². The zero-order chi connectivity index (χ0) is 46.7. The Balaban J connectivity index is 1.15. The predicted molar refractivity (Wildman–Crippen MR) is 254 cm³/mol. The van der Waals surface area contributed by atoms with E-state index in [1.54, 1.807) is 36.7 Å². The zero-order valence-corrected chi connectivity index (χ0v) is 36.8. The Morgan fingerprint density at radius 2 is 1.18 bits per heavy atom. The molecule has 4 amide bonds. The van der Waals surface area contributed by atoms with Gasteiger partial charge in [-0.3, -0.25) is 28.8 Å². The van der Waals surface area contributed by atoms with Gasteiger partial charge in [-0.1, -0.05) is 103 Å². The van der Waals surface area contributed by atoms with Gasteiger partial charge in [-0.15, -0.1) is 0 Å². The standard InChI is InChI=1S/C53H52N6O8/c60-48-29-37(51(64)54-24-8-15-50(62)63)25-33-18-22-40(23-19-33)67-32-49(61)57-47(28-39-31-56-44-14-7-5-12-42(39)44)53(66)59-46(26-34-16-20-36(21-17-34)35-9-2-1-3-10-35)52(65)58-45(48)27-38-30-55-43-13-6-4-11-41(38)43/h1-7,9-14,16-23,30-31,37,45-47,55-56H,8,15,24-29,32H2,(H,54,64)(H,57,61)(H,58,65)(H,59,66)(H,62,63)/t37-,45+,46-,47+/m1/s1. The highest BCUT2D eigenvalue weighted by atomic mass is 16.5. The number of Topliss-reactive ketones (excluding diaryl/α,β-unsaturated/α-hetero) is 1. The van der Waals surface area contributed by atoms with E-state index in [1.165, 1.54) is 0 Å². The summed E-state index contributed by atoms with van der Waals surface area (Å²) in [6.07, 6.45) is 3.70. The van der Waals surface area contributed by atoms with Crippen LogP contribution in [0.25, 0.3) is 32.9 Å². The largest absolute Gasteiger partial charge is 0.484 e. The number of carbonyl (C=O) groups excluding carboxylic acids is 5. The summed E-state index contributed by atoms with van der Waals surface area (Å²) in [4.78, 5) is 89.5. The molecule has 14 nitrogen and oxygen atoms in total. The lowest BCUT2D eigenvalue weighted by molar-refractivity contribution is -0.137. The lowest BCUT2D eigenvalue weighted by Gasteiger charge is -2.26. The summed E-state index contributed by atoms with van der Waals surface area (Å²) in [6.45, 7) is -0.324. The fourth-order valence-corrected chi connectivity index (χ4v) is 8.58. The highest BCUT2D eigenvalue weighted by molar-refractivity contribution is 5.97. The van der Waals surface area contributed by atoms with Crippen molar-refractivity contribution >= 4 is 57.2 Å². The number of aliphatic carboxylic acids is 1. The molecule has 7 N–H and O–H groups in total. The fourth-order valence-electron chi connectivity index (χ4n) is 8.58. The van der Waals surface area contributed by atoms with Crippen LogP contribution >= 0.6 is 0 Å². The number of H-pyrrole nitrogens is 2. The summed E-state index contributed by atoms with van der Waals surface area (Å²) in [7, 11) is 0. The molecule has 0 spiro atoms. The molecule has 5 aromatic carbocycles. The van der Waals surface area contributed by atoms with Gasteiger partial charge >= 0.3 is 5.97 Å². The first-order valence-electron chi connectivity index (χ1n) is 22.4. The van der Waals surface area contributed by atoms with E-state index in [0.717, 1.165) is 49.6 Å². The molecule has 9 rings (SSSR count). The smallest absolute Gasteiger partial charge is 0.303 e. The van der Waals surface area contributed by atoms with E-state index in [9.17, 15) is 33.9 Å². The SMILES string of the molecule is O=C(O)CCCNC(=O)[C@H]1CC(=O)[C@H](Cc2c[nH]c3ccccc23)NC(=O)[C@@H](Cc2ccc(-c3ccccc3)cc2)NC(=O)[C@H](Cc2c[nH]c3ccccc23)NC(=O)COc2ccc(cc2)C1. The molecule has 4 heterocycles. The van der Waals surface area contributed by atoms with E-state index in [4.69, 9.17) is 4.74 Å². The quantitative estimate of drug-likeness (QED) is 0.0571. The van der Waals surface area contributed by atoms with Crippen LogP contribution in [0.5, 0.6) is 5.75 Å². The van der Waals surface area contributed by atoms with Gasteiger partial charge in [0.25, 0.3) is 5.91 Å². The maximum Gasteiger partial charge on any atom is 0.303 e. The van der Waals surface area contributed by atoms with Crippen molar-refractivity contribution in [3.8, 4) is 16.9 Å². The Hall–Kier alpha value is -8.00. The van der Waals surface area contributed by atoms with Gasteiger partial charge in [-0.05, 0) is 70.5 Å². The number of carboxylic acid groups (broad SMARTS) is 1. The van der Waals surface area contributed by atoms with Crippen LogP contribution in [0, 0.1) is 5.92 Å². The Morgan fingerprint density at radius 3 is 1.82 bits per heavy atom. The molecular weight excluding hydrogens is 849 g/mol. The van der Waals surface area contributed by atoms with Gasteiger partial charge in [0.15, 0.2) is 12.4 Å². The number of hydrogen-bond donors (Lipinski definition) is 7. The molecule has 67 heavy (non-hydrogen) atoms. The van der Waals surface area contributed by atoms with Gasteiger partial charge in [-0.2, -0.15) is 0 Å². The fraction of sp³-hybridized carbons (Fsp3) is 0.245.